The van der Waals surface area contributed by atoms with Crippen LogP contribution >= 0.6 is 0 Å². The minimum atomic E-state index is 0.217. The second-order valence-electron chi connectivity index (χ2n) is 5.60. The molecule has 0 spiro atoms. The van der Waals surface area contributed by atoms with Crippen LogP contribution in [0.15, 0.2) is 0 Å². The standard InChI is InChI=1S/C16H30N2O/c1-4-7-14-8-9-15(13-17)16(12-14)18(5-2)10-11-19-6-3/h14-16H,4-12H2,1-3H3. The Morgan fingerprint density at radius 1 is 1.26 bits per heavy atom. The van der Waals surface area contributed by atoms with Crippen LogP contribution in [0, 0.1) is 23.2 Å². The summed E-state index contributed by atoms with van der Waals surface area (Å²) in [6.07, 6.45) is 6.10. The van der Waals surface area contributed by atoms with Gasteiger partial charge in [0.05, 0.1) is 18.6 Å². The third-order valence-electron chi connectivity index (χ3n) is 4.39. The molecule has 0 aromatic heterocycles. The predicted molar refractivity (Wildman–Crippen MR) is 78.9 cm³/mol. The molecule has 1 saturated carbocycles. The van der Waals surface area contributed by atoms with Crippen molar-refractivity contribution in [3.05, 3.63) is 0 Å². The lowest BCUT2D eigenvalue weighted by Gasteiger charge is -2.40. The third kappa shape index (κ3) is 5.12. The Morgan fingerprint density at radius 2 is 2.05 bits per heavy atom. The Labute approximate surface area is 118 Å². The highest BCUT2D eigenvalue weighted by atomic mass is 16.5. The number of hydrogen-bond donors (Lipinski definition) is 0. The lowest BCUT2D eigenvalue weighted by atomic mass is 9.76. The van der Waals surface area contributed by atoms with Crippen LogP contribution in [-0.4, -0.2) is 37.2 Å². The van der Waals surface area contributed by atoms with Gasteiger partial charge in [-0.25, -0.2) is 0 Å². The first-order valence-electron chi connectivity index (χ1n) is 7.98. The van der Waals surface area contributed by atoms with Crippen molar-refractivity contribution < 1.29 is 4.74 Å². The van der Waals surface area contributed by atoms with Crippen molar-refractivity contribution in [3.63, 3.8) is 0 Å². The van der Waals surface area contributed by atoms with Gasteiger partial charge in [0.2, 0.25) is 0 Å². The van der Waals surface area contributed by atoms with Crippen molar-refractivity contribution in [1.29, 1.82) is 5.26 Å². The maximum absolute atomic E-state index is 9.39. The first-order chi connectivity index (χ1) is 9.26. The van der Waals surface area contributed by atoms with E-state index >= 15 is 0 Å². The van der Waals surface area contributed by atoms with Gasteiger partial charge < -0.3 is 4.74 Å². The quantitative estimate of drug-likeness (QED) is 0.631. The lowest BCUT2D eigenvalue weighted by molar-refractivity contribution is 0.0604. The Hall–Kier alpha value is -0.590. The van der Waals surface area contributed by atoms with E-state index in [1.165, 1.54) is 25.7 Å². The molecule has 3 unspecified atom stereocenters. The van der Waals surface area contributed by atoms with Crippen LogP contribution in [-0.2, 0) is 4.74 Å². The summed E-state index contributed by atoms with van der Waals surface area (Å²) in [5.41, 5.74) is 0. The molecule has 0 saturated heterocycles. The zero-order valence-corrected chi connectivity index (χ0v) is 12.9. The molecule has 110 valence electrons. The Bertz CT molecular complexity index is 274. The molecule has 0 aliphatic heterocycles. The Balaban J connectivity index is 2.58. The van der Waals surface area contributed by atoms with E-state index < -0.39 is 0 Å². The van der Waals surface area contributed by atoms with Crippen molar-refractivity contribution in [2.45, 2.75) is 58.9 Å². The fourth-order valence-electron chi connectivity index (χ4n) is 3.34. The molecule has 3 nitrogen and oxygen atoms in total. The molecular formula is C16H30N2O. The summed E-state index contributed by atoms with van der Waals surface area (Å²) in [7, 11) is 0. The van der Waals surface area contributed by atoms with E-state index in [-0.39, 0.29) is 5.92 Å². The molecule has 1 fully saturated rings. The molecule has 1 aliphatic rings. The largest absolute Gasteiger partial charge is 0.380 e. The first kappa shape index (κ1) is 16.5. The summed E-state index contributed by atoms with van der Waals surface area (Å²) in [6.45, 7) is 10.1. The molecule has 0 bridgehead atoms. The number of rotatable bonds is 8. The minimum absolute atomic E-state index is 0.217. The van der Waals surface area contributed by atoms with Crippen molar-refractivity contribution in [2.75, 3.05) is 26.3 Å². The summed E-state index contributed by atoms with van der Waals surface area (Å²) in [4.78, 5) is 2.46. The van der Waals surface area contributed by atoms with E-state index in [0.29, 0.717) is 6.04 Å². The van der Waals surface area contributed by atoms with Gasteiger partial charge >= 0.3 is 0 Å². The summed E-state index contributed by atoms with van der Waals surface area (Å²) in [5, 5.41) is 9.39. The zero-order chi connectivity index (χ0) is 14.1. The summed E-state index contributed by atoms with van der Waals surface area (Å²) >= 11 is 0. The molecule has 0 aromatic rings. The van der Waals surface area contributed by atoms with Crippen LogP contribution in [0.4, 0.5) is 0 Å². The highest BCUT2D eigenvalue weighted by Gasteiger charge is 2.33. The monoisotopic (exact) mass is 266 g/mol. The maximum Gasteiger partial charge on any atom is 0.0672 e. The lowest BCUT2D eigenvalue weighted by Crippen LogP contribution is -2.45. The molecule has 0 aromatic carbocycles. The summed E-state index contributed by atoms with van der Waals surface area (Å²) in [6, 6.07) is 2.98. The molecule has 0 N–H and O–H groups in total. The predicted octanol–water partition coefficient (Wildman–Crippen LogP) is 3.45. The molecular weight excluding hydrogens is 236 g/mol. The van der Waals surface area contributed by atoms with E-state index in [9.17, 15) is 5.26 Å². The van der Waals surface area contributed by atoms with Gasteiger partial charge in [-0.1, -0.05) is 26.7 Å². The van der Waals surface area contributed by atoms with E-state index in [1.807, 2.05) is 6.92 Å². The van der Waals surface area contributed by atoms with E-state index in [4.69, 9.17) is 4.74 Å². The molecule has 1 rings (SSSR count). The molecule has 1 aliphatic carbocycles. The second kappa shape index (κ2) is 9.34. The van der Waals surface area contributed by atoms with Gasteiger partial charge in [-0.3, -0.25) is 4.90 Å². The van der Waals surface area contributed by atoms with E-state index in [2.05, 4.69) is 24.8 Å². The maximum atomic E-state index is 9.39. The third-order valence-corrected chi connectivity index (χ3v) is 4.39. The van der Waals surface area contributed by atoms with E-state index in [1.54, 1.807) is 0 Å². The molecule has 19 heavy (non-hydrogen) atoms. The number of ether oxygens (including phenoxy) is 1. The molecule has 0 heterocycles. The van der Waals surface area contributed by atoms with Gasteiger partial charge in [0, 0.05) is 19.2 Å². The van der Waals surface area contributed by atoms with Gasteiger partial charge in [-0.15, -0.1) is 0 Å². The minimum Gasteiger partial charge on any atom is -0.380 e. The van der Waals surface area contributed by atoms with Crippen LogP contribution in [0.5, 0.6) is 0 Å². The van der Waals surface area contributed by atoms with Crippen LogP contribution in [0.1, 0.15) is 52.9 Å². The van der Waals surface area contributed by atoms with Crippen molar-refractivity contribution in [1.82, 2.24) is 4.90 Å². The topological polar surface area (TPSA) is 36.3 Å². The normalized spacial score (nSPS) is 27.4. The first-order valence-corrected chi connectivity index (χ1v) is 7.98. The van der Waals surface area contributed by atoms with Crippen molar-refractivity contribution in [3.8, 4) is 6.07 Å². The molecule has 3 atom stereocenters. The number of hydrogen-bond acceptors (Lipinski definition) is 3. The summed E-state index contributed by atoms with van der Waals surface area (Å²) in [5.74, 6) is 1.04. The highest BCUT2D eigenvalue weighted by molar-refractivity contribution is 4.97. The highest BCUT2D eigenvalue weighted by Crippen LogP contribution is 2.34. The summed E-state index contributed by atoms with van der Waals surface area (Å²) < 4.78 is 5.48. The van der Waals surface area contributed by atoms with Gasteiger partial charge in [0.15, 0.2) is 0 Å². The molecule has 0 radical (unpaired) electrons. The number of nitriles is 1. The zero-order valence-electron chi connectivity index (χ0n) is 12.9. The van der Waals surface area contributed by atoms with Crippen molar-refractivity contribution >= 4 is 0 Å². The van der Waals surface area contributed by atoms with Crippen LogP contribution in [0.3, 0.4) is 0 Å². The smallest absolute Gasteiger partial charge is 0.0672 e. The SMILES string of the molecule is CCCC1CCC(C#N)C(N(CC)CCOCC)C1. The van der Waals surface area contributed by atoms with Gasteiger partial charge in [0.25, 0.3) is 0 Å². The average molecular weight is 266 g/mol. The van der Waals surface area contributed by atoms with Crippen molar-refractivity contribution in [2.24, 2.45) is 11.8 Å². The number of likely N-dealkylation sites (N-methyl/N-ethyl adjacent to an activating group) is 1. The fourth-order valence-corrected chi connectivity index (χ4v) is 3.34. The fraction of sp³-hybridized carbons (Fsp3) is 0.938. The van der Waals surface area contributed by atoms with E-state index in [0.717, 1.165) is 38.6 Å². The number of nitrogens with zero attached hydrogens (tertiary/aromatic N) is 2. The average Bonchev–Trinajstić information content (AvgIpc) is 2.44. The second-order valence-corrected chi connectivity index (χ2v) is 5.60. The van der Waals surface area contributed by atoms with Gasteiger partial charge in [0.1, 0.15) is 0 Å². The van der Waals surface area contributed by atoms with Gasteiger partial charge in [-0.2, -0.15) is 5.26 Å². The Kier molecular flexibility index (Phi) is 8.09. The Morgan fingerprint density at radius 3 is 2.63 bits per heavy atom. The molecule has 0 amide bonds. The van der Waals surface area contributed by atoms with Crippen LogP contribution < -0.4 is 0 Å². The van der Waals surface area contributed by atoms with Gasteiger partial charge in [-0.05, 0) is 38.6 Å². The van der Waals surface area contributed by atoms with Crippen LogP contribution in [0.2, 0.25) is 0 Å². The molecule has 3 heteroatoms. The van der Waals surface area contributed by atoms with Crippen LogP contribution in [0.25, 0.3) is 0 Å².